The van der Waals surface area contributed by atoms with E-state index in [0.717, 1.165) is 25.7 Å². The lowest BCUT2D eigenvalue weighted by molar-refractivity contribution is -0.179. The lowest BCUT2D eigenvalue weighted by Gasteiger charge is -2.35. The van der Waals surface area contributed by atoms with Crippen LogP contribution in [0.1, 0.15) is 36.0 Å². The number of rotatable bonds is 2. The molecular weight excluding hydrogens is 341 g/mol. The summed E-state index contributed by atoms with van der Waals surface area (Å²) in [6, 6.07) is 4.18. The molecule has 1 N–H and O–H groups in total. The van der Waals surface area contributed by atoms with Crippen LogP contribution in [0.4, 0.5) is 4.39 Å². The predicted octanol–water partition coefficient (Wildman–Crippen LogP) is 3.00. The summed E-state index contributed by atoms with van der Waals surface area (Å²) < 4.78 is 25.2. The molecule has 1 saturated carbocycles. The van der Waals surface area contributed by atoms with Gasteiger partial charge in [0, 0.05) is 23.4 Å². The van der Waals surface area contributed by atoms with E-state index in [1.807, 2.05) is 0 Å². The highest BCUT2D eigenvalue weighted by Crippen LogP contribution is 2.35. The molecule has 0 bridgehead atoms. The smallest absolute Gasteiger partial charge is 0.252 e. The molecule has 1 aliphatic heterocycles. The first kappa shape index (κ1) is 14.9. The highest BCUT2D eigenvalue weighted by atomic mass is 79.9. The Labute approximate surface area is 131 Å². The van der Waals surface area contributed by atoms with Crippen LogP contribution in [0.15, 0.2) is 22.7 Å². The van der Waals surface area contributed by atoms with Gasteiger partial charge in [-0.1, -0.05) is 0 Å². The van der Waals surface area contributed by atoms with Crippen molar-refractivity contribution in [3.8, 4) is 0 Å². The normalized spacial score (nSPS) is 21.6. The van der Waals surface area contributed by atoms with Crippen LogP contribution >= 0.6 is 15.9 Å². The van der Waals surface area contributed by atoms with Crippen molar-refractivity contribution in [3.63, 3.8) is 0 Å². The van der Waals surface area contributed by atoms with E-state index >= 15 is 0 Å². The zero-order valence-electron chi connectivity index (χ0n) is 11.5. The van der Waals surface area contributed by atoms with Gasteiger partial charge in [-0.05, 0) is 47.0 Å². The second kappa shape index (κ2) is 6.02. The van der Waals surface area contributed by atoms with Crippen molar-refractivity contribution in [1.82, 2.24) is 5.32 Å². The fourth-order valence-corrected chi connectivity index (χ4v) is 3.35. The fraction of sp³-hybridized carbons (Fsp3) is 0.533. The molecule has 1 aliphatic carbocycles. The lowest BCUT2D eigenvalue weighted by Crippen LogP contribution is -2.44. The molecule has 0 atom stereocenters. The molecule has 1 aromatic carbocycles. The Morgan fingerprint density at radius 2 is 1.95 bits per heavy atom. The van der Waals surface area contributed by atoms with Gasteiger partial charge in [0.25, 0.3) is 5.91 Å². The van der Waals surface area contributed by atoms with Crippen LogP contribution < -0.4 is 5.32 Å². The van der Waals surface area contributed by atoms with Gasteiger partial charge in [-0.15, -0.1) is 0 Å². The summed E-state index contributed by atoms with van der Waals surface area (Å²) >= 11 is 3.28. The molecule has 21 heavy (non-hydrogen) atoms. The molecule has 1 aromatic rings. The van der Waals surface area contributed by atoms with Crippen molar-refractivity contribution < 1.29 is 18.7 Å². The highest BCUT2D eigenvalue weighted by molar-refractivity contribution is 9.10. The van der Waals surface area contributed by atoms with E-state index < -0.39 is 11.6 Å². The van der Waals surface area contributed by atoms with Gasteiger partial charge in [-0.25, -0.2) is 4.39 Å². The van der Waals surface area contributed by atoms with Crippen molar-refractivity contribution in [3.05, 3.63) is 34.1 Å². The number of hydrogen-bond donors (Lipinski definition) is 1. The SMILES string of the molecule is O=C(NC1CCC2(CC1)OCCO2)c1cc(F)ccc1Br. The molecule has 3 rings (SSSR count). The third-order valence-corrected chi connectivity index (χ3v) is 4.76. The van der Waals surface area contributed by atoms with E-state index in [0.29, 0.717) is 23.2 Å². The highest BCUT2D eigenvalue weighted by Gasteiger charge is 2.40. The number of amides is 1. The zero-order valence-corrected chi connectivity index (χ0v) is 13.1. The molecule has 114 valence electrons. The summed E-state index contributed by atoms with van der Waals surface area (Å²) in [7, 11) is 0. The Bertz CT molecular complexity index is 536. The van der Waals surface area contributed by atoms with Crippen molar-refractivity contribution >= 4 is 21.8 Å². The molecule has 2 fully saturated rings. The first-order valence-corrected chi connectivity index (χ1v) is 7.91. The first-order valence-electron chi connectivity index (χ1n) is 7.12. The largest absolute Gasteiger partial charge is 0.349 e. The molecule has 0 radical (unpaired) electrons. The van der Waals surface area contributed by atoms with E-state index in [9.17, 15) is 9.18 Å². The summed E-state index contributed by atoms with van der Waals surface area (Å²) in [6.07, 6.45) is 3.17. The quantitative estimate of drug-likeness (QED) is 0.884. The Morgan fingerprint density at radius 1 is 1.29 bits per heavy atom. The van der Waals surface area contributed by atoms with Gasteiger partial charge in [-0.3, -0.25) is 4.79 Å². The average Bonchev–Trinajstić information content (AvgIpc) is 2.93. The van der Waals surface area contributed by atoms with E-state index in [-0.39, 0.29) is 11.9 Å². The predicted molar refractivity (Wildman–Crippen MR) is 78.5 cm³/mol. The van der Waals surface area contributed by atoms with Crippen LogP contribution in [-0.2, 0) is 9.47 Å². The number of benzene rings is 1. The van der Waals surface area contributed by atoms with Crippen LogP contribution in [0, 0.1) is 5.82 Å². The van der Waals surface area contributed by atoms with E-state index in [1.165, 1.54) is 12.1 Å². The van der Waals surface area contributed by atoms with Crippen molar-refractivity contribution in [1.29, 1.82) is 0 Å². The van der Waals surface area contributed by atoms with Crippen LogP contribution in [-0.4, -0.2) is 30.9 Å². The summed E-state index contributed by atoms with van der Waals surface area (Å²) in [6.45, 7) is 1.29. The maximum Gasteiger partial charge on any atom is 0.252 e. The Kier molecular flexibility index (Phi) is 4.28. The minimum atomic E-state index is -0.430. The number of carbonyl (C=O) groups excluding carboxylic acids is 1. The van der Waals surface area contributed by atoms with Gasteiger partial charge in [0.05, 0.1) is 18.8 Å². The minimum Gasteiger partial charge on any atom is -0.349 e. The zero-order chi connectivity index (χ0) is 14.9. The summed E-state index contributed by atoms with van der Waals surface area (Å²) in [4.78, 5) is 12.2. The average molecular weight is 358 g/mol. The number of ether oxygens (including phenoxy) is 2. The number of nitrogens with one attached hydrogen (secondary N) is 1. The Morgan fingerprint density at radius 3 is 2.62 bits per heavy atom. The van der Waals surface area contributed by atoms with Crippen molar-refractivity contribution in [2.24, 2.45) is 0 Å². The van der Waals surface area contributed by atoms with Crippen LogP contribution in [0.3, 0.4) is 0 Å². The Hall–Kier alpha value is -0.980. The van der Waals surface area contributed by atoms with Crippen LogP contribution in [0.25, 0.3) is 0 Å². The summed E-state index contributed by atoms with van der Waals surface area (Å²) in [5, 5.41) is 2.96. The molecule has 1 amide bonds. The molecule has 0 unspecified atom stereocenters. The maximum absolute atomic E-state index is 13.3. The molecule has 1 spiro atoms. The molecule has 0 aromatic heterocycles. The van der Waals surface area contributed by atoms with Gasteiger partial charge in [0.15, 0.2) is 5.79 Å². The van der Waals surface area contributed by atoms with Gasteiger partial charge in [0.2, 0.25) is 0 Å². The number of hydrogen-bond acceptors (Lipinski definition) is 3. The third kappa shape index (κ3) is 3.27. The van der Waals surface area contributed by atoms with Crippen LogP contribution in [0.2, 0.25) is 0 Å². The minimum absolute atomic E-state index is 0.0751. The topological polar surface area (TPSA) is 47.6 Å². The fourth-order valence-electron chi connectivity index (χ4n) is 2.92. The third-order valence-electron chi connectivity index (χ3n) is 4.07. The van der Waals surface area contributed by atoms with Crippen molar-refractivity contribution in [2.75, 3.05) is 13.2 Å². The van der Waals surface area contributed by atoms with Gasteiger partial charge in [-0.2, -0.15) is 0 Å². The van der Waals surface area contributed by atoms with E-state index in [2.05, 4.69) is 21.2 Å². The van der Waals surface area contributed by atoms with Gasteiger partial charge >= 0.3 is 0 Å². The monoisotopic (exact) mass is 357 g/mol. The van der Waals surface area contributed by atoms with Gasteiger partial charge < -0.3 is 14.8 Å². The van der Waals surface area contributed by atoms with Crippen LogP contribution in [0.5, 0.6) is 0 Å². The molecule has 6 heteroatoms. The number of carbonyl (C=O) groups is 1. The van der Waals surface area contributed by atoms with E-state index in [4.69, 9.17) is 9.47 Å². The maximum atomic E-state index is 13.3. The van der Waals surface area contributed by atoms with E-state index in [1.54, 1.807) is 6.07 Å². The molecule has 4 nitrogen and oxygen atoms in total. The van der Waals surface area contributed by atoms with Crippen molar-refractivity contribution in [2.45, 2.75) is 37.5 Å². The Balaban J connectivity index is 1.60. The summed E-state index contributed by atoms with van der Waals surface area (Å²) in [5.74, 6) is -1.10. The second-order valence-corrected chi connectivity index (χ2v) is 6.33. The standard InChI is InChI=1S/C15H17BrFNO3/c16-13-2-1-10(17)9-12(13)14(19)18-11-3-5-15(6-4-11)20-7-8-21-15/h1-2,9,11H,3-8H2,(H,18,19). The molecule has 1 saturated heterocycles. The second-order valence-electron chi connectivity index (χ2n) is 5.48. The lowest BCUT2D eigenvalue weighted by atomic mass is 9.90. The van der Waals surface area contributed by atoms with Gasteiger partial charge in [0.1, 0.15) is 5.82 Å². The molecule has 2 aliphatic rings. The molecule has 1 heterocycles. The first-order chi connectivity index (χ1) is 10.1. The number of halogens is 2. The molecular formula is C15H17BrFNO3. The summed E-state index contributed by atoms with van der Waals surface area (Å²) in [5.41, 5.74) is 0.323.